The SMILES string of the molecule is CCN(C(=O)c1cc(C)c(C)c(S(=O)(=O)N(C)C)c1)c1ccccc1. The number of hydrogen-bond acceptors (Lipinski definition) is 3. The highest BCUT2D eigenvalue weighted by molar-refractivity contribution is 7.89. The van der Waals surface area contributed by atoms with Gasteiger partial charge in [-0.05, 0) is 56.2 Å². The van der Waals surface area contributed by atoms with Crippen LogP contribution in [-0.4, -0.2) is 39.3 Å². The summed E-state index contributed by atoms with van der Waals surface area (Å²) in [7, 11) is -0.647. The van der Waals surface area contributed by atoms with Gasteiger partial charge in [0.1, 0.15) is 0 Å². The van der Waals surface area contributed by atoms with Crippen LogP contribution in [-0.2, 0) is 10.0 Å². The Kier molecular flexibility index (Phi) is 5.65. The fraction of sp³-hybridized carbons (Fsp3) is 0.316. The van der Waals surface area contributed by atoms with Gasteiger partial charge in [0.25, 0.3) is 5.91 Å². The number of sulfonamides is 1. The summed E-state index contributed by atoms with van der Waals surface area (Å²) in [6, 6.07) is 12.6. The smallest absolute Gasteiger partial charge is 0.258 e. The molecule has 2 aromatic rings. The fourth-order valence-corrected chi connectivity index (χ4v) is 3.84. The van der Waals surface area contributed by atoms with E-state index in [0.29, 0.717) is 17.7 Å². The second-order valence-corrected chi connectivity index (χ2v) is 8.21. The van der Waals surface area contributed by atoms with Crippen molar-refractivity contribution in [1.29, 1.82) is 0 Å². The van der Waals surface area contributed by atoms with Gasteiger partial charge in [-0.2, -0.15) is 0 Å². The molecule has 0 radical (unpaired) electrons. The lowest BCUT2D eigenvalue weighted by atomic mass is 10.0. The van der Waals surface area contributed by atoms with Crippen molar-refractivity contribution in [1.82, 2.24) is 4.31 Å². The number of carbonyl (C=O) groups is 1. The molecule has 0 spiro atoms. The Hall–Kier alpha value is -2.18. The zero-order valence-electron chi connectivity index (χ0n) is 15.3. The first kappa shape index (κ1) is 19.1. The summed E-state index contributed by atoms with van der Waals surface area (Å²) in [6.07, 6.45) is 0. The number of carbonyl (C=O) groups excluding carboxylic acids is 1. The molecule has 2 rings (SSSR count). The summed E-state index contributed by atoms with van der Waals surface area (Å²) in [5, 5.41) is 0. The van der Waals surface area contributed by atoms with Crippen LogP contribution in [0.4, 0.5) is 5.69 Å². The van der Waals surface area contributed by atoms with Crippen LogP contribution in [0.2, 0.25) is 0 Å². The van der Waals surface area contributed by atoms with Gasteiger partial charge >= 0.3 is 0 Å². The Morgan fingerprint density at radius 2 is 1.64 bits per heavy atom. The molecule has 0 unspecified atom stereocenters. The van der Waals surface area contributed by atoms with Crippen molar-refractivity contribution in [2.45, 2.75) is 25.7 Å². The van der Waals surface area contributed by atoms with Crippen LogP contribution in [0.5, 0.6) is 0 Å². The number of amides is 1. The van der Waals surface area contributed by atoms with E-state index < -0.39 is 10.0 Å². The molecule has 0 heterocycles. The molecule has 5 nitrogen and oxygen atoms in total. The number of benzene rings is 2. The van der Waals surface area contributed by atoms with Crippen LogP contribution in [0.3, 0.4) is 0 Å². The summed E-state index contributed by atoms with van der Waals surface area (Å²) < 4.78 is 26.3. The lowest BCUT2D eigenvalue weighted by Crippen LogP contribution is -2.31. The average Bonchev–Trinajstić information content (AvgIpc) is 2.58. The molecule has 2 aromatic carbocycles. The number of aryl methyl sites for hydroxylation is 1. The maximum Gasteiger partial charge on any atom is 0.258 e. The second kappa shape index (κ2) is 7.37. The first-order valence-electron chi connectivity index (χ1n) is 8.10. The van der Waals surface area contributed by atoms with Crippen LogP contribution in [0, 0.1) is 13.8 Å². The second-order valence-electron chi connectivity index (χ2n) is 6.09. The average molecular weight is 360 g/mol. The molecule has 0 bridgehead atoms. The van der Waals surface area contributed by atoms with Crippen molar-refractivity contribution in [3.63, 3.8) is 0 Å². The van der Waals surface area contributed by atoms with E-state index in [1.807, 2.05) is 44.2 Å². The molecule has 0 fully saturated rings. The Bertz CT molecular complexity index is 875. The number of hydrogen-bond donors (Lipinski definition) is 0. The van der Waals surface area contributed by atoms with E-state index in [1.165, 1.54) is 20.2 Å². The molecule has 0 atom stereocenters. The van der Waals surface area contributed by atoms with Gasteiger partial charge < -0.3 is 4.90 Å². The Morgan fingerprint density at radius 3 is 2.16 bits per heavy atom. The predicted molar refractivity (Wildman–Crippen MR) is 101 cm³/mol. The minimum atomic E-state index is -3.62. The van der Waals surface area contributed by atoms with Crippen LogP contribution < -0.4 is 4.90 Å². The Morgan fingerprint density at radius 1 is 1.04 bits per heavy atom. The molecule has 1 amide bonds. The zero-order valence-corrected chi connectivity index (χ0v) is 16.1. The van der Waals surface area contributed by atoms with Gasteiger partial charge in [0.15, 0.2) is 0 Å². The van der Waals surface area contributed by atoms with Crippen molar-refractivity contribution >= 4 is 21.6 Å². The third-order valence-electron chi connectivity index (χ3n) is 4.25. The summed E-state index contributed by atoms with van der Waals surface area (Å²) in [6.45, 7) is 5.96. The van der Waals surface area contributed by atoms with E-state index in [2.05, 4.69) is 0 Å². The Labute approximate surface area is 149 Å². The molecule has 0 saturated heterocycles. The standard InChI is InChI=1S/C19H24N2O3S/c1-6-21(17-10-8-7-9-11-17)19(22)16-12-14(2)15(3)18(13-16)25(23,24)20(4)5/h7-13H,6H2,1-5H3. The quantitative estimate of drug-likeness (QED) is 0.823. The maximum atomic E-state index is 13.0. The normalized spacial score (nSPS) is 11.6. The van der Waals surface area contributed by atoms with Gasteiger partial charge in [-0.3, -0.25) is 4.79 Å². The van der Waals surface area contributed by atoms with Gasteiger partial charge in [0.05, 0.1) is 4.90 Å². The maximum absolute atomic E-state index is 13.0. The largest absolute Gasteiger partial charge is 0.309 e. The van der Waals surface area contributed by atoms with Crippen LogP contribution >= 0.6 is 0 Å². The third-order valence-corrected chi connectivity index (χ3v) is 6.20. The molecule has 25 heavy (non-hydrogen) atoms. The van der Waals surface area contributed by atoms with Crippen molar-refractivity contribution < 1.29 is 13.2 Å². The highest BCUT2D eigenvalue weighted by atomic mass is 32.2. The molecular weight excluding hydrogens is 336 g/mol. The van der Waals surface area contributed by atoms with Crippen LogP contribution in [0.1, 0.15) is 28.4 Å². The fourth-order valence-electron chi connectivity index (χ4n) is 2.62. The van der Waals surface area contributed by atoms with Gasteiger partial charge in [-0.25, -0.2) is 12.7 Å². The molecule has 0 aliphatic rings. The van der Waals surface area contributed by atoms with Gasteiger partial charge in [-0.15, -0.1) is 0 Å². The summed E-state index contributed by atoms with van der Waals surface area (Å²) in [4.78, 5) is 14.8. The first-order valence-corrected chi connectivity index (χ1v) is 9.54. The molecule has 0 N–H and O–H groups in total. The van der Waals surface area contributed by atoms with Gasteiger partial charge in [0.2, 0.25) is 10.0 Å². The van der Waals surface area contributed by atoms with E-state index in [4.69, 9.17) is 0 Å². The number of anilines is 1. The van der Waals surface area contributed by atoms with Crippen molar-refractivity contribution in [2.24, 2.45) is 0 Å². The van der Waals surface area contributed by atoms with Crippen molar-refractivity contribution in [3.05, 3.63) is 59.2 Å². The minimum absolute atomic E-state index is 0.171. The highest BCUT2D eigenvalue weighted by Gasteiger charge is 2.24. The van der Waals surface area contributed by atoms with Crippen molar-refractivity contribution in [2.75, 3.05) is 25.5 Å². The predicted octanol–water partition coefficient (Wildman–Crippen LogP) is 3.22. The van der Waals surface area contributed by atoms with Gasteiger partial charge in [-0.1, -0.05) is 18.2 Å². The molecule has 134 valence electrons. The van der Waals surface area contributed by atoms with Crippen molar-refractivity contribution in [3.8, 4) is 0 Å². The molecule has 0 aromatic heterocycles. The van der Waals surface area contributed by atoms with Crippen LogP contribution in [0.15, 0.2) is 47.4 Å². The lowest BCUT2D eigenvalue weighted by Gasteiger charge is -2.22. The lowest BCUT2D eigenvalue weighted by molar-refractivity contribution is 0.0988. The Balaban J connectivity index is 2.56. The van der Waals surface area contributed by atoms with E-state index in [9.17, 15) is 13.2 Å². The molecule has 0 aliphatic carbocycles. The van der Waals surface area contributed by atoms with Gasteiger partial charge in [0, 0.05) is 31.9 Å². The summed E-state index contributed by atoms with van der Waals surface area (Å²) in [5.41, 5.74) is 2.59. The topological polar surface area (TPSA) is 57.7 Å². The number of nitrogens with zero attached hydrogens (tertiary/aromatic N) is 2. The monoisotopic (exact) mass is 360 g/mol. The number of rotatable bonds is 5. The third kappa shape index (κ3) is 3.75. The molecule has 0 saturated carbocycles. The highest BCUT2D eigenvalue weighted by Crippen LogP contribution is 2.25. The zero-order chi connectivity index (χ0) is 18.8. The number of para-hydroxylation sites is 1. The minimum Gasteiger partial charge on any atom is -0.309 e. The van der Waals surface area contributed by atoms with E-state index in [-0.39, 0.29) is 10.8 Å². The molecular formula is C19H24N2O3S. The van der Waals surface area contributed by atoms with E-state index >= 15 is 0 Å². The van der Waals surface area contributed by atoms with Crippen LogP contribution in [0.25, 0.3) is 0 Å². The summed E-state index contributed by atoms with van der Waals surface area (Å²) >= 11 is 0. The summed E-state index contributed by atoms with van der Waals surface area (Å²) in [5.74, 6) is -0.216. The first-order chi connectivity index (χ1) is 11.7. The molecule has 6 heteroatoms. The molecule has 0 aliphatic heterocycles. The van der Waals surface area contributed by atoms with E-state index in [1.54, 1.807) is 17.9 Å². The van der Waals surface area contributed by atoms with E-state index in [0.717, 1.165) is 15.6 Å².